The molecule has 0 nitrogen and oxygen atoms in total. The average molecular weight is 355 g/mol. The molecule has 91 valence electrons. The van der Waals surface area contributed by atoms with Crippen LogP contribution in [0.25, 0.3) is 16.8 Å². The fourth-order valence-corrected chi connectivity index (χ4v) is 3.43. The molecule has 0 amide bonds. The second-order valence-electron chi connectivity index (χ2n) is 4.37. The van der Waals surface area contributed by atoms with E-state index in [9.17, 15) is 0 Å². The molecule has 3 rings (SSSR count). The van der Waals surface area contributed by atoms with E-state index in [2.05, 4.69) is 43.3 Å². The number of benzene rings is 2. The molecule has 2 aromatic carbocycles. The maximum absolute atomic E-state index is 2.41. The van der Waals surface area contributed by atoms with Crippen LogP contribution >= 0.6 is 0 Å². The van der Waals surface area contributed by atoms with Gasteiger partial charge in [0, 0.05) is 0 Å². The summed E-state index contributed by atoms with van der Waals surface area (Å²) in [6.45, 7) is 2.25. The van der Waals surface area contributed by atoms with Gasteiger partial charge in [-0.15, -0.1) is 0 Å². The van der Waals surface area contributed by atoms with Crippen LogP contribution in [0.5, 0.6) is 0 Å². The van der Waals surface area contributed by atoms with E-state index in [0.717, 1.165) is 6.42 Å². The first-order valence-electron chi connectivity index (χ1n) is 5.75. The van der Waals surface area contributed by atoms with Crippen LogP contribution in [0.15, 0.2) is 35.9 Å². The number of hydrogen-bond acceptors (Lipinski definition) is 0. The Labute approximate surface area is 136 Å². The Balaban J connectivity index is 0.000000810. The Kier molecular flexibility index (Phi) is 5.65. The van der Waals surface area contributed by atoms with Crippen molar-refractivity contribution in [3.8, 4) is 0 Å². The summed E-state index contributed by atoms with van der Waals surface area (Å²) in [6, 6.07) is 11.1. The van der Waals surface area contributed by atoms with Crippen LogP contribution in [0.4, 0.5) is 0 Å². The van der Waals surface area contributed by atoms with Crippen molar-refractivity contribution in [2.24, 2.45) is 0 Å². The smallest absolute Gasteiger partial charge is 1.00 e. The van der Waals surface area contributed by atoms with E-state index in [-0.39, 0.29) is 24.8 Å². The first-order valence-corrected chi connectivity index (χ1v) is 6.98. The number of hydrogen-bond donors (Lipinski definition) is 0. The van der Waals surface area contributed by atoms with Gasteiger partial charge in [-0.25, -0.2) is 0 Å². The predicted molar refractivity (Wildman–Crippen MR) is 65.6 cm³/mol. The van der Waals surface area contributed by atoms with Crippen LogP contribution in [0.2, 0.25) is 0 Å². The third-order valence-corrected chi connectivity index (χ3v) is 4.42. The van der Waals surface area contributed by atoms with E-state index in [1.54, 1.807) is 11.1 Å². The molecular weight excluding hydrogens is 342 g/mol. The van der Waals surface area contributed by atoms with Crippen LogP contribution < -0.4 is 28.1 Å². The van der Waals surface area contributed by atoms with E-state index in [1.807, 2.05) is 0 Å². The Morgan fingerprint density at radius 1 is 1.17 bits per heavy atom. The van der Waals surface area contributed by atoms with Gasteiger partial charge in [-0.3, -0.25) is 0 Å². The molecule has 2 aromatic rings. The topological polar surface area (TPSA) is 0 Å². The minimum absolute atomic E-state index is 0. The summed E-state index contributed by atoms with van der Waals surface area (Å²) in [7, 11) is 0. The van der Waals surface area contributed by atoms with Crippen LogP contribution in [-0.4, -0.2) is 0 Å². The van der Waals surface area contributed by atoms with Gasteiger partial charge in [-0.1, -0.05) is 0 Å². The average Bonchev–Trinajstić information content (AvgIpc) is 2.74. The fourth-order valence-electron chi connectivity index (χ4n) is 2.50. The van der Waals surface area contributed by atoms with Crippen molar-refractivity contribution in [1.82, 2.24) is 0 Å². The third-order valence-electron chi connectivity index (χ3n) is 3.41. The normalized spacial score (nSPS) is 12.5. The van der Waals surface area contributed by atoms with Crippen LogP contribution in [0.1, 0.15) is 24.5 Å². The zero-order valence-corrected chi connectivity index (χ0v) is 14.1. The standard InChI is InChI=1S/C15H13.2ClH.Zr/c1-2-11-9-13-8-7-12-5-3-4-6-14(12)15(13)10-11;;;/h3-7,9H,2,10H2,1H3;2*1H;/q;;;+2/p-2. The third kappa shape index (κ3) is 2.59. The SMILES string of the molecule is CCC1=Cc2[c]([Zr+2])cc3ccccc3c2C1.[Cl-].[Cl-]. The number of halogens is 2. The van der Waals surface area contributed by atoms with E-state index < -0.39 is 0 Å². The molecule has 0 unspecified atom stereocenters. The quantitative estimate of drug-likeness (QED) is 0.525. The van der Waals surface area contributed by atoms with Crippen molar-refractivity contribution in [3.05, 3.63) is 47.0 Å². The van der Waals surface area contributed by atoms with E-state index >= 15 is 0 Å². The molecule has 0 N–H and O–H groups in total. The molecule has 0 fully saturated rings. The van der Waals surface area contributed by atoms with Gasteiger partial charge in [0.1, 0.15) is 0 Å². The molecule has 0 heterocycles. The van der Waals surface area contributed by atoms with Gasteiger partial charge < -0.3 is 24.8 Å². The number of allylic oxidation sites excluding steroid dienone is 1. The first kappa shape index (κ1) is 16.0. The van der Waals surface area contributed by atoms with E-state index in [0.29, 0.717) is 0 Å². The van der Waals surface area contributed by atoms with Crippen LogP contribution in [-0.2, 0) is 31.1 Å². The first-order chi connectivity index (χ1) is 7.79. The van der Waals surface area contributed by atoms with Crippen molar-refractivity contribution in [2.75, 3.05) is 0 Å². The Morgan fingerprint density at radius 3 is 2.61 bits per heavy atom. The van der Waals surface area contributed by atoms with Crippen molar-refractivity contribution < 1.29 is 49.5 Å². The number of fused-ring (bicyclic) bond motifs is 3. The van der Waals surface area contributed by atoms with Crippen LogP contribution in [0.3, 0.4) is 0 Å². The van der Waals surface area contributed by atoms with E-state index in [4.69, 9.17) is 0 Å². The predicted octanol–water partition coefficient (Wildman–Crippen LogP) is -2.63. The second kappa shape index (κ2) is 6.37. The van der Waals surface area contributed by atoms with E-state index in [1.165, 1.54) is 50.7 Å². The minimum Gasteiger partial charge on any atom is -1.00 e. The Hall–Kier alpha value is -0.0969. The summed E-state index contributed by atoms with van der Waals surface area (Å²) in [6.07, 6.45) is 4.75. The Morgan fingerprint density at radius 2 is 1.89 bits per heavy atom. The van der Waals surface area contributed by atoms with Gasteiger partial charge in [0.25, 0.3) is 0 Å². The monoisotopic (exact) mass is 353 g/mol. The second-order valence-corrected chi connectivity index (χ2v) is 5.69. The minimum atomic E-state index is 0. The maximum atomic E-state index is 2.41. The molecule has 1 aliphatic rings. The largest absolute Gasteiger partial charge is 1.00 e. The summed E-state index contributed by atoms with van der Waals surface area (Å²) in [5.74, 6) is 0. The van der Waals surface area contributed by atoms with Gasteiger partial charge in [0.05, 0.1) is 0 Å². The maximum Gasteiger partial charge on any atom is -1.00 e. The molecule has 0 saturated carbocycles. The molecule has 1 aliphatic carbocycles. The summed E-state index contributed by atoms with van der Waals surface area (Å²) in [5, 5.41) is 2.85. The molecular formula is C15H13Cl2Zr. The Bertz CT molecular complexity index is 603. The summed E-state index contributed by atoms with van der Waals surface area (Å²) >= 11 is 1.52. The van der Waals surface area contributed by atoms with Gasteiger partial charge in [-0.05, 0) is 0 Å². The van der Waals surface area contributed by atoms with Crippen LogP contribution in [0, 0.1) is 0 Å². The molecule has 0 bridgehead atoms. The zero-order valence-electron chi connectivity index (χ0n) is 10.1. The van der Waals surface area contributed by atoms with Gasteiger partial charge in [0.2, 0.25) is 0 Å². The van der Waals surface area contributed by atoms with Crippen molar-refractivity contribution >= 4 is 20.1 Å². The van der Waals surface area contributed by atoms with Crippen molar-refractivity contribution in [1.29, 1.82) is 0 Å². The molecule has 0 saturated heterocycles. The summed E-state index contributed by atoms with van der Waals surface area (Å²) in [5.41, 5.74) is 4.64. The van der Waals surface area contributed by atoms with Crippen molar-refractivity contribution in [2.45, 2.75) is 19.8 Å². The van der Waals surface area contributed by atoms with Gasteiger partial charge >= 0.3 is 112 Å². The molecule has 0 aromatic heterocycles. The zero-order chi connectivity index (χ0) is 11.1. The molecule has 18 heavy (non-hydrogen) atoms. The molecule has 3 heteroatoms. The van der Waals surface area contributed by atoms with Gasteiger partial charge in [-0.2, -0.15) is 0 Å². The molecule has 0 atom stereocenters. The summed E-state index contributed by atoms with van der Waals surface area (Å²) in [4.78, 5) is 0. The molecule has 0 aliphatic heterocycles. The van der Waals surface area contributed by atoms with Gasteiger partial charge in [0.15, 0.2) is 0 Å². The summed E-state index contributed by atoms with van der Waals surface area (Å²) < 4.78 is 1.50. The number of rotatable bonds is 1. The molecule has 0 radical (unpaired) electrons. The molecule has 0 spiro atoms. The fraction of sp³-hybridized carbons (Fsp3) is 0.200. The van der Waals surface area contributed by atoms with Crippen molar-refractivity contribution in [3.63, 3.8) is 0 Å².